The average Bonchev–Trinajstić information content (AvgIpc) is 2.68. The summed E-state index contributed by atoms with van der Waals surface area (Å²) in [5.41, 5.74) is 0.234. The standard InChI is InChI=1S/C19H19FN4O4S/c1-24(12-17-22-16-5-3-2-4-15(16)19(26)23-17)18(25)10-11-21-29(27,28)14-8-6-13(20)7-9-14/h2-9,21H,10-12H2,1H3,(H,22,23,26). The lowest BCUT2D eigenvalue weighted by molar-refractivity contribution is -0.130. The lowest BCUT2D eigenvalue weighted by Gasteiger charge is -2.17. The van der Waals surface area contributed by atoms with Crippen LogP contribution in [-0.4, -0.2) is 42.8 Å². The maximum absolute atomic E-state index is 12.9. The van der Waals surface area contributed by atoms with Crippen LogP contribution in [0, 0.1) is 5.82 Å². The molecule has 2 aromatic carbocycles. The molecular weight excluding hydrogens is 399 g/mol. The number of sulfonamides is 1. The molecule has 2 N–H and O–H groups in total. The van der Waals surface area contributed by atoms with Crippen molar-refractivity contribution in [2.45, 2.75) is 17.9 Å². The number of nitrogens with one attached hydrogen (secondary N) is 2. The van der Waals surface area contributed by atoms with E-state index in [4.69, 9.17) is 0 Å². The fourth-order valence-electron chi connectivity index (χ4n) is 2.70. The van der Waals surface area contributed by atoms with Gasteiger partial charge in [-0.3, -0.25) is 9.59 Å². The zero-order chi connectivity index (χ0) is 21.0. The summed E-state index contributed by atoms with van der Waals surface area (Å²) in [6.45, 7) is -0.0474. The third-order valence-corrected chi connectivity index (χ3v) is 5.71. The number of rotatable bonds is 7. The van der Waals surface area contributed by atoms with E-state index in [9.17, 15) is 22.4 Å². The second kappa shape index (κ2) is 8.50. The summed E-state index contributed by atoms with van der Waals surface area (Å²) in [6, 6.07) is 11.3. The summed E-state index contributed by atoms with van der Waals surface area (Å²) in [4.78, 5) is 32.6. The predicted molar refractivity (Wildman–Crippen MR) is 105 cm³/mol. The molecule has 0 saturated carbocycles. The van der Waals surface area contributed by atoms with Crippen molar-refractivity contribution in [1.29, 1.82) is 0 Å². The Hall–Kier alpha value is -3.11. The van der Waals surface area contributed by atoms with Crippen molar-refractivity contribution in [3.05, 3.63) is 70.5 Å². The Balaban J connectivity index is 1.58. The van der Waals surface area contributed by atoms with E-state index in [1.54, 1.807) is 24.3 Å². The highest BCUT2D eigenvalue weighted by Gasteiger charge is 2.16. The quantitative estimate of drug-likeness (QED) is 0.602. The lowest BCUT2D eigenvalue weighted by atomic mass is 10.2. The fourth-order valence-corrected chi connectivity index (χ4v) is 3.73. The first-order valence-electron chi connectivity index (χ1n) is 8.73. The van der Waals surface area contributed by atoms with Gasteiger partial charge < -0.3 is 9.88 Å². The largest absolute Gasteiger partial charge is 0.338 e. The molecule has 0 atom stereocenters. The van der Waals surface area contributed by atoms with Crippen LogP contribution >= 0.6 is 0 Å². The minimum atomic E-state index is -3.83. The maximum atomic E-state index is 12.9. The molecule has 0 bridgehead atoms. The number of carbonyl (C=O) groups is 1. The molecule has 1 aromatic heterocycles. The predicted octanol–water partition coefficient (Wildman–Crippen LogP) is 1.39. The number of carbonyl (C=O) groups excluding carboxylic acids is 1. The minimum absolute atomic E-state index is 0.0730. The van der Waals surface area contributed by atoms with Gasteiger partial charge in [-0.2, -0.15) is 0 Å². The van der Waals surface area contributed by atoms with Crippen LogP contribution in [-0.2, 0) is 21.4 Å². The Morgan fingerprint density at radius 3 is 2.59 bits per heavy atom. The SMILES string of the molecule is CN(Cc1nc2ccccc2c(=O)[nH]1)C(=O)CCNS(=O)(=O)c1ccc(F)cc1. The first-order chi connectivity index (χ1) is 13.8. The number of amides is 1. The molecule has 0 spiro atoms. The van der Waals surface area contributed by atoms with Crippen molar-refractivity contribution in [2.75, 3.05) is 13.6 Å². The van der Waals surface area contributed by atoms with Crippen molar-refractivity contribution >= 4 is 26.8 Å². The zero-order valence-electron chi connectivity index (χ0n) is 15.6. The number of nitrogens with zero attached hydrogens (tertiary/aromatic N) is 2. The number of aromatic nitrogens is 2. The zero-order valence-corrected chi connectivity index (χ0v) is 16.4. The Kier molecular flexibility index (Phi) is 6.04. The van der Waals surface area contributed by atoms with E-state index in [2.05, 4.69) is 14.7 Å². The fraction of sp³-hybridized carbons (Fsp3) is 0.211. The minimum Gasteiger partial charge on any atom is -0.338 e. The molecular formula is C19H19FN4O4S. The van der Waals surface area contributed by atoms with Crippen molar-refractivity contribution in [3.8, 4) is 0 Å². The van der Waals surface area contributed by atoms with Crippen molar-refractivity contribution in [1.82, 2.24) is 19.6 Å². The lowest BCUT2D eigenvalue weighted by Crippen LogP contribution is -2.32. The molecule has 0 saturated heterocycles. The van der Waals surface area contributed by atoms with Crippen LogP contribution in [0.3, 0.4) is 0 Å². The van der Waals surface area contributed by atoms with Gasteiger partial charge >= 0.3 is 0 Å². The highest BCUT2D eigenvalue weighted by atomic mass is 32.2. The third kappa shape index (κ3) is 5.04. The maximum Gasteiger partial charge on any atom is 0.258 e. The van der Waals surface area contributed by atoms with E-state index in [1.165, 1.54) is 11.9 Å². The molecule has 152 valence electrons. The molecule has 3 aromatic rings. The molecule has 1 heterocycles. The summed E-state index contributed by atoms with van der Waals surface area (Å²) in [7, 11) is -2.30. The number of aromatic amines is 1. The van der Waals surface area contributed by atoms with E-state index in [0.717, 1.165) is 24.3 Å². The van der Waals surface area contributed by atoms with Crippen molar-refractivity contribution in [3.63, 3.8) is 0 Å². The summed E-state index contributed by atoms with van der Waals surface area (Å²) >= 11 is 0. The number of hydrogen-bond donors (Lipinski definition) is 2. The smallest absolute Gasteiger partial charge is 0.258 e. The molecule has 1 amide bonds. The van der Waals surface area contributed by atoms with Gasteiger partial charge in [0, 0.05) is 20.0 Å². The molecule has 10 heteroatoms. The van der Waals surface area contributed by atoms with Gasteiger partial charge in [0.1, 0.15) is 11.6 Å². The number of fused-ring (bicyclic) bond motifs is 1. The molecule has 0 unspecified atom stereocenters. The van der Waals surface area contributed by atoms with E-state index in [-0.39, 0.29) is 35.9 Å². The van der Waals surface area contributed by atoms with Crippen LogP contribution in [0.15, 0.2) is 58.2 Å². The van der Waals surface area contributed by atoms with Gasteiger partial charge in [0.05, 0.1) is 22.3 Å². The van der Waals surface area contributed by atoms with Crippen LogP contribution in [0.1, 0.15) is 12.2 Å². The Morgan fingerprint density at radius 1 is 1.17 bits per heavy atom. The molecule has 29 heavy (non-hydrogen) atoms. The average molecular weight is 418 g/mol. The van der Waals surface area contributed by atoms with E-state index in [0.29, 0.717) is 16.7 Å². The molecule has 3 rings (SSSR count). The van der Waals surface area contributed by atoms with Gasteiger partial charge in [-0.25, -0.2) is 22.5 Å². The van der Waals surface area contributed by atoms with E-state index < -0.39 is 15.8 Å². The second-order valence-electron chi connectivity index (χ2n) is 6.38. The summed E-state index contributed by atoms with van der Waals surface area (Å²) in [5, 5.41) is 0.459. The van der Waals surface area contributed by atoms with Gasteiger partial charge in [0.15, 0.2) is 0 Å². The highest BCUT2D eigenvalue weighted by Crippen LogP contribution is 2.10. The second-order valence-corrected chi connectivity index (χ2v) is 8.15. The van der Waals surface area contributed by atoms with Gasteiger partial charge in [-0.1, -0.05) is 12.1 Å². The Labute approximate surface area is 166 Å². The molecule has 0 fully saturated rings. The van der Waals surface area contributed by atoms with Crippen molar-refractivity contribution < 1.29 is 17.6 Å². The summed E-state index contributed by atoms with van der Waals surface area (Å²) in [5.74, 6) is -0.542. The monoisotopic (exact) mass is 418 g/mol. The van der Waals surface area contributed by atoms with E-state index >= 15 is 0 Å². The molecule has 0 aliphatic heterocycles. The van der Waals surface area contributed by atoms with Gasteiger partial charge in [0.25, 0.3) is 5.56 Å². The molecule has 8 nitrogen and oxygen atoms in total. The van der Waals surface area contributed by atoms with Crippen molar-refractivity contribution in [2.24, 2.45) is 0 Å². The van der Waals surface area contributed by atoms with Gasteiger partial charge in [-0.05, 0) is 36.4 Å². The number of benzene rings is 2. The molecule has 0 aliphatic rings. The molecule has 0 aliphatic carbocycles. The van der Waals surface area contributed by atoms with Crippen LogP contribution in [0.2, 0.25) is 0 Å². The van der Waals surface area contributed by atoms with Crippen LogP contribution in [0.4, 0.5) is 4.39 Å². The number of halogens is 1. The normalized spacial score (nSPS) is 11.5. The summed E-state index contributed by atoms with van der Waals surface area (Å²) in [6.07, 6.45) is -0.0886. The highest BCUT2D eigenvalue weighted by molar-refractivity contribution is 7.89. The number of para-hydroxylation sites is 1. The van der Waals surface area contributed by atoms with Crippen LogP contribution in [0.5, 0.6) is 0 Å². The third-order valence-electron chi connectivity index (χ3n) is 4.23. The molecule has 0 radical (unpaired) electrons. The number of H-pyrrole nitrogens is 1. The first kappa shape index (κ1) is 20.6. The van der Waals surface area contributed by atoms with Gasteiger partial charge in [-0.15, -0.1) is 0 Å². The van der Waals surface area contributed by atoms with E-state index in [1.807, 2.05) is 0 Å². The van der Waals surface area contributed by atoms with Crippen LogP contribution < -0.4 is 10.3 Å². The number of hydrogen-bond acceptors (Lipinski definition) is 5. The topological polar surface area (TPSA) is 112 Å². The summed E-state index contributed by atoms with van der Waals surface area (Å²) < 4.78 is 39.5. The first-order valence-corrected chi connectivity index (χ1v) is 10.2. The Bertz CT molecular complexity index is 1190. The van der Waals surface area contributed by atoms with Gasteiger partial charge in [0.2, 0.25) is 15.9 Å². The Morgan fingerprint density at radius 2 is 1.86 bits per heavy atom. The van der Waals surface area contributed by atoms with Crippen LogP contribution in [0.25, 0.3) is 10.9 Å².